The molecule has 1 atom stereocenters. The normalized spacial score (nSPS) is 21.9. The average molecular weight is 335 g/mol. The van der Waals surface area contributed by atoms with Crippen molar-refractivity contribution in [3.05, 3.63) is 20.8 Å². The van der Waals surface area contributed by atoms with Crippen LogP contribution in [0.2, 0.25) is 0 Å². The van der Waals surface area contributed by atoms with Gasteiger partial charge in [-0.3, -0.25) is 4.90 Å². The highest BCUT2D eigenvalue weighted by atomic mass is 79.9. The molecule has 0 aliphatic carbocycles. The molecule has 5 heteroatoms. The smallest absolute Gasteiger partial charge is 0.0300 e. The molecule has 1 fully saturated rings. The molecule has 96 valence electrons. The predicted molar refractivity (Wildman–Crippen MR) is 82.1 cm³/mol. The number of nitrogens with one attached hydrogen (secondary N) is 1. The van der Waals surface area contributed by atoms with Gasteiger partial charge in [0.05, 0.1) is 0 Å². The molecule has 2 heterocycles. The van der Waals surface area contributed by atoms with E-state index in [-0.39, 0.29) is 0 Å². The predicted octanol–water partition coefficient (Wildman–Crippen LogP) is 3.04. The molecule has 0 amide bonds. The Morgan fingerprint density at radius 2 is 2.47 bits per heavy atom. The summed E-state index contributed by atoms with van der Waals surface area (Å²) in [5.41, 5.74) is 0. The Balaban J connectivity index is 1.62. The standard InChI is InChI=1S/C12H19BrN2S2/c1-10-8-16-5-4-15(10)3-2-14-7-12-6-11(13)9-17-12/h6,9-10,14H,2-5,7-8H2,1H3. The van der Waals surface area contributed by atoms with Gasteiger partial charge in [-0.2, -0.15) is 11.8 Å². The van der Waals surface area contributed by atoms with Crippen LogP contribution in [0.3, 0.4) is 0 Å². The molecule has 0 aromatic carbocycles. The fourth-order valence-electron chi connectivity index (χ4n) is 1.97. The molecule has 2 rings (SSSR count). The minimum absolute atomic E-state index is 0.742. The van der Waals surface area contributed by atoms with Gasteiger partial charge in [0.15, 0.2) is 0 Å². The second-order valence-electron chi connectivity index (χ2n) is 4.37. The van der Waals surface area contributed by atoms with E-state index in [1.165, 1.54) is 33.9 Å². The second-order valence-corrected chi connectivity index (χ2v) is 7.43. The number of nitrogens with zero attached hydrogens (tertiary/aromatic N) is 1. The van der Waals surface area contributed by atoms with Gasteiger partial charge < -0.3 is 5.32 Å². The summed E-state index contributed by atoms with van der Waals surface area (Å²) < 4.78 is 1.20. The summed E-state index contributed by atoms with van der Waals surface area (Å²) in [7, 11) is 0. The van der Waals surface area contributed by atoms with Crippen molar-refractivity contribution in [2.24, 2.45) is 0 Å². The van der Waals surface area contributed by atoms with Crippen LogP contribution in [-0.2, 0) is 6.54 Å². The van der Waals surface area contributed by atoms with E-state index in [2.05, 4.69) is 56.3 Å². The summed E-state index contributed by atoms with van der Waals surface area (Å²) in [6.07, 6.45) is 0. The number of thioether (sulfide) groups is 1. The molecule has 1 aromatic rings. The lowest BCUT2D eigenvalue weighted by atomic mass is 10.3. The number of thiophene rings is 1. The number of rotatable bonds is 5. The molecule has 1 aromatic heterocycles. The van der Waals surface area contributed by atoms with Gasteiger partial charge >= 0.3 is 0 Å². The Labute approximate surface area is 120 Å². The third-order valence-electron chi connectivity index (χ3n) is 3.00. The van der Waals surface area contributed by atoms with E-state index >= 15 is 0 Å². The van der Waals surface area contributed by atoms with Crippen molar-refractivity contribution in [1.82, 2.24) is 10.2 Å². The maximum absolute atomic E-state index is 3.52. The maximum atomic E-state index is 3.52. The fourth-order valence-corrected chi connectivity index (χ4v) is 4.48. The molecule has 0 radical (unpaired) electrons. The van der Waals surface area contributed by atoms with Crippen molar-refractivity contribution in [1.29, 1.82) is 0 Å². The van der Waals surface area contributed by atoms with Gasteiger partial charge in [-0.15, -0.1) is 11.3 Å². The van der Waals surface area contributed by atoms with E-state index in [1.807, 2.05) is 11.3 Å². The fraction of sp³-hybridized carbons (Fsp3) is 0.667. The topological polar surface area (TPSA) is 15.3 Å². The highest BCUT2D eigenvalue weighted by Gasteiger charge is 2.17. The molecule has 1 N–H and O–H groups in total. The lowest BCUT2D eigenvalue weighted by Gasteiger charge is -2.32. The lowest BCUT2D eigenvalue weighted by Crippen LogP contribution is -2.43. The molecular weight excluding hydrogens is 316 g/mol. The number of halogens is 1. The van der Waals surface area contributed by atoms with E-state index in [1.54, 1.807) is 0 Å². The Bertz CT molecular complexity index is 343. The Kier molecular flexibility index (Phi) is 5.83. The van der Waals surface area contributed by atoms with Crippen LogP contribution in [0.25, 0.3) is 0 Å². The zero-order valence-corrected chi connectivity index (χ0v) is 13.3. The summed E-state index contributed by atoms with van der Waals surface area (Å²) in [5, 5.41) is 5.66. The van der Waals surface area contributed by atoms with Crippen LogP contribution in [0.1, 0.15) is 11.8 Å². The minimum Gasteiger partial charge on any atom is -0.311 e. The zero-order valence-electron chi connectivity index (χ0n) is 10.1. The van der Waals surface area contributed by atoms with Crippen molar-refractivity contribution < 1.29 is 0 Å². The second kappa shape index (κ2) is 7.14. The number of hydrogen-bond acceptors (Lipinski definition) is 4. The van der Waals surface area contributed by atoms with Crippen LogP contribution >= 0.6 is 39.0 Å². The summed E-state index contributed by atoms with van der Waals surface area (Å²) in [5.74, 6) is 2.58. The third kappa shape index (κ3) is 4.56. The molecule has 1 aliphatic heterocycles. The van der Waals surface area contributed by atoms with Crippen LogP contribution in [0.15, 0.2) is 15.9 Å². The van der Waals surface area contributed by atoms with Crippen molar-refractivity contribution in [2.45, 2.75) is 19.5 Å². The van der Waals surface area contributed by atoms with Crippen LogP contribution in [0, 0.1) is 0 Å². The van der Waals surface area contributed by atoms with Crippen LogP contribution in [0.4, 0.5) is 0 Å². The molecule has 0 bridgehead atoms. The van der Waals surface area contributed by atoms with Crippen LogP contribution in [-0.4, -0.2) is 42.1 Å². The largest absolute Gasteiger partial charge is 0.311 e. The lowest BCUT2D eigenvalue weighted by molar-refractivity contribution is 0.233. The highest BCUT2D eigenvalue weighted by Crippen LogP contribution is 2.19. The molecular formula is C12H19BrN2S2. The highest BCUT2D eigenvalue weighted by molar-refractivity contribution is 9.10. The summed E-state index contributed by atoms with van der Waals surface area (Å²) in [6, 6.07) is 2.93. The SMILES string of the molecule is CC1CSCCN1CCNCc1cc(Br)cs1. The molecule has 2 nitrogen and oxygen atoms in total. The molecule has 0 spiro atoms. The van der Waals surface area contributed by atoms with Gasteiger partial charge in [0.1, 0.15) is 0 Å². The van der Waals surface area contributed by atoms with E-state index in [0.717, 1.165) is 19.1 Å². The van der Waals surface area contributed by atoms with Crippen molar-refractivity contribution in [3.63, 3.8) is 0 Å². The monoisotopic (exact) mass is 334 g/mol. The Hall–Kier alpha value is 0.450. The molecule has 1 saturated heterocycles. The van der Waals surface area contributed by atoms with E-state index in [9.17, 15) is 0 Å². The van der Waals surface area contributed by atoms with Gasteiger partial charge in [-0.05, 0) is 28.9 Å². The van der Waals surface area contributed by atoms with Crippen molar-refractivity contribution in [3.8, 4) is 0 Å². The Morgan fingerprint density at radius 3 is 3.18 bits per heavy atom. The number of hydrogen-bond donors (Lipinski definition) is 1. The Morgan fingerprint density at radius 1 is 1.59 bits per heavy atom. The van der Waals surface area contributed by atoms with Crippen molar-refractivity contribution in [2.75, 3.05) is 31.1 Å². The first kappa shape index (κ1) is 13.9. The van der Waals surface area contributed by atoms with Gasteiger partial charge in [-0.25, -0.2) is 0 Å². The van der Waals surface area contributed by atoms with Gasteiger partial charge in [0.2, 0.25) is 0 Å². The van der Waals surface area contributed by atoms with Gasteiger partial charge in [0.25, 0.3) is 0 Å². The van der Waals surface area contributed by atoms with Crippen LogP contribution in [0.5, 0.6) is 0 Å². The average Bonchev–Trinajstić information content (AvgIpc) is 2.73. The molecule has 1 unspecified atom stereocenters. The molecule has 17 heavy (non-hydrogen) atoms. The summed E-state index contributed by atoms with van der Waals surface area (Å²) >= 11 is 7.37. The van der Waals surface area contributed by atoms with E-state index in [4.69, 9.17) is 0 Å². The first-order valence-electron chi connectivity index (χ1n) is 6.01. The van der Waals surface area contributed by atoms with E-state index in [0.29, 0.717) is 0 Å². The first-order chi connectivity index (χ1) is 8.25. The summed E-state index contributed by atoms with van der Waals surface area (Å²) in [6.45, 7) is 6.84. The quantitative estimate of drug-likeness (QED) is 0.833. The minimum atomic E-state index is 0.742. The molecule has 0 saturated carbocycles. The van der Waals surface area contributed by atoms with Crippen molar-refractivity contribution >= 4 is 39.0 Å². The maximum Gasteiger partial charge on any atom is 0.0300 e. The third-order valence-corrected chi connectivity index (χ3v) is 5.89. The molecule has 1 aliphatic rings. The zero-order chi connectivity index (χ0) is 12.1. The van der Waals surface area contributed by atoms with Gasteiger partial charge in [-0.1, -0.05) is 0 Å². The summed E-state index contributed by atoms with van der Waals surface area (Å²) in [4.78, 5) is 3.99. The van der Waals surface area contributed by atoms with E-state index < -0.39 is 0 Å². The van der Waals surface area contributed by atoms with Crippen LogP contribution < -0.4 is 5.32 Å². The van der Waals surface area contributed by atoms with Gasteiger partial charge in [0, 0.05) is 58.5 Å². The first-order valence-corrected chi connectivity index (χ1v) is 8.84.